The molecule has 3 aromatic rings. The van der Waals surface area contributed by atoms with Crippen molar-refractivity contribution in [3.8, 4) is 5.69 Å². The van der Waals surface area contributed by atoms with Crippen LogP contribution in [0.4, 0.5) is 18.9 Å². The molecule has 1 N–H and O–H groups in total. The van der Waals surface area contributed by atoms with Crippen LogP contribution in [0.5, 0.6) is 0 Å². The summed E-state index contributed by atoms with van der Waals surface area (Å²) in [5.74, 6) is -1.55. The average molecular weight is 493 g/mol. The number of hydrogen-bond acceptors (Lipinski definition) is 6. The number of carbonyl (C=O) groups is 2. The lowest BCUT2D eigenvalue weighted by atomic mass is 10.2. The molecule has 0 unspecified atom stereocenters. The molecule has 2 aromatic heterocycles. The van der Waals surface area contributed by atoms with E-state index in [1.807, 2.05) is 0 Å². The largest absolute Gasteiger partial charge is 0.462 e. The van der Waals surface area contributed by atoms with Gasteiger partial charge in [-0.05, 0) is 44.3 Å². The lowest BCUT2D eigenvalue weighted by molar-refractivity contribution is -0.143. The molecule has 0 spiro atoms. The first kappa shape index (κ1) is 25.9. The van der Waals surface area contributed by atoms with Crippen LogP contribution in [0.2, 0.25) is 0 Å². The zero-order valence-electron chi connectivity index (χ0n) is 19.7. The molecular formula is C23H27F3N6O3. The van der Waals surface area contributed by atoms with Crippen molar-refractivity contribution in [2.45, 2.75) is 33.5 Å². The number of anilines is 1. The summed E-state index contributed by atoms with van der Waals surface area (Å²) in [6, 6.07) is 5.39. The molecule has 0 saturated heterocycles. The summed E-state index contributed by atoms with van der Waals surface area (Å²) in [5, 5.41) is 10.7. The molecule has 188 valence electrons. The molecule has 0 bridgehead atoms. The number of nitrogens with one attached hydrogen (secondary N) is 1. The van der Waals surface area contributed by atoms with Crippen LogP contribution in [-0.4, -0.2) is 62.6 Å². The van der Waals surface area contributed by atoms with Gasteiger partial charge in [0.1, 0.15) is 5.56 Å². The van der Waals surface area contributed by atoms with E-state index in [1.165, 1.54) is 37.4 Å². The predicted octanol–water partition coefficient (Wildman–Crippen LogP) is 3.86. The molecule has 1 aromatic carbocycles. The number of hydrogen-bond donors (Lipinski definition) is 1. The molecule has 0 atom stereocenters. The van der Waals surface area contributed by atoms with E-state index in [1.54, 1.807) is 10.9 Å². The van der Waals surface area contributed by atoms with Crippen LogP contribution in [0, 0.1) is 0 Å². The van der Waals surface area contributed by atoms with Crippen molar-refractivity contribution in [3.63, 3.8) is 0 Å². The number of amides is 1. The maximum Gasteiger partial charge on any atom is 0.434 e. The number of aromatic nitrogens is 4. The summed E-state index contributed by atoms with van der Waals surface area (Å²) < 4.78 is 48.1. The third-order valence-corrected chi connectivity index (χ3v) is 5.34. The van der Waals surface area contributed by atoms with Crippen LogP contribution in [0.25, 0.3) is 5.69 Å². The van der Waals surface area contributed by atoms with Gasteiger partial charge in [0, 0.05) is 18.3 Å². The molecule has 1 amide bonds. The van der Waals surface area contributed by atoms with Gasteiger partial charge in [0.15, 0.2) is 5.69 Å². The lowest BCUT2D eigenvalue weighted by Crippen LogP contribution is -2.27. The molecule has 35 heavy (non-hydrogen) atoms. The summed E-state index contributed by atoms with van der Waals surface area (Å²) in [7, 11) is 0. The number of halogens is 3. The van der Waals surface area contributed by atoms with Crippen molar-refractivity contribution in [2.24, 2.45) is 0 Å². The van der Waals surface area contributed by atoms with Gasteiger partial charge in [-0.15, -0.1) is 0 Å². The fraction of sp³-hybridized carbons (Fsp3) is 0.391. The number of benzene rings is 1. The maximum absolute atomic E-state index is 13.7. The standard InChI is InChI=1S/C23H27F3N6O3/c1-4-30(5-2)11-12-31-15-17(13-27-31)29-21(33)16-7-9-18(10-8-16)32-20(23(24,25)26)19(14-28-32)22(34)35-6-3/h7-10,13-15H,4-6,11-12H2,1-3H3,(H,29,33). The first-order chi connectivity index (χ1) is 16.7. The molecule has 0 saturated carbocycles. The van der Waals surface area contributed by atoms with Gasteiger partial charge in [-0.1, -0.05) is 13.8 Å². The van der Waals surface area contributed by atoms with Crippen molar-refractivity contribution in [3.05, 3.63) is 59.7 Å². The van der Waals surface area contributed by atoms with Crippen molar-refractivity contribution < 1.29 is 27.5 Å². The number of esters is 1. The number of rotatable bonds is 10. The summed E-state index contributed by atoms with van der Waals surface area (Å²) in [4.78, 5) is 26.8. The summed E-state index contributed by atoms with van der Waals surface area (Å²) in [6.07, 6.45) is -0.782. The van der Waals surface area contributed by atoms with E-state index in [-0.39, 0.29) is 17.9 Å². The average Bonchev–Trinajstić information content (AvgIpc) is 3.47. The predicted molar refractivity (Wildman–Crippen MR) is 122 cm³/mol. The Morgan fingerprint density at radius 2 is 1.74 bits per heavy atom. The van der Waals surface area contributed by atoms with Crippen LogP contribution in [-0.2, 0) is 17.5 Å². The highest BCUT2D eigenvalue weighted by molar-refractivity contribution is 6.04. The first-order valence-electron chi connectivity index (χ1n) is 11.2. The second kappa shape index (κ2) is 11.2. The highest BCUT2D eigenvalue weighted by atomic mass is 19.4. The number of ether oxygens (including phenoxy) is 1. The Morgan fingerprint density at radius 3 is 2.34 bits per heavy atom. The molecule has 3 rings (SSSR count). The third kappa shape index (κ3) is 6.27. The SMILES string of the molecule is CCOC(=O)c1cnn(-c2ccc(C(=O)Nc3cnn(CCN(CC)CC)c3)cc2)c1C(F)(F)F. The van der Waals surface area contributed by atoms with Crippen LogP contribution >= 0.6 is 0 Å². The zero-order chi connectivity index (χ0) is 25.6. The number of carbonyl (C=O) groups excluding carboxylic acids is 2. The van der Waals surface area contributed by atoms with E-state index >= 15 is 0 Å². The Hall–Kier alpha value is -3.67. The van der Waals surface area contributed by atoms with Crippen LogP contribution < -0.4 is 5.32 Å². The maximum atomic E-state index is 13.7. The Labute approximate surface area is 200 Å². The van der Waals surface area contributed by atoms with Gasteiger partial charge in [-0.3, -0.25) is 9.48 Å². The van der Waals surface area contributed by atoms with Crippen LogP contribution in [0.3, 0.4) is 0 Å². The van der Waals surface area contributed by atoms with Gasteiger partial charge in [-0.25, -0.2) is 9.48 Å². The molecule has 0 radical (unpaired) electrons. The van der Waals surface area contributed by atoms with Gasteiger partial charge < -0.3 is 15.0 Å². The second-order valence-corrected chi connectivity index (χ2v) is 7.56. The fourth-order valence-corrected chi connectivity index (χ4v) is 3.47. The summed E-state index contributed by atoms with van der Waals surface area (Å²) in [5.41, 5.74) is -1.15. The molecule has 0 aliphatic carbocycles. The van der Waals surface area contributed by atoms with E-state index < -0.39 is 29.3 Å². The minimum absolute atomic E-state index is 0.0358. The molecule has 0 aliphatic heterocycles. The van der Waals surface area contributed by atoms with E-state index in [0.29, 0.717) is 16.9 Å². The van der Waals surface area contributed by atoms with Gasteiger partial charge in [0.05, 0.1) is 36.9 Å². The minimum atomic E-state index is -4.85. The fourth-order valence-electron chi connectivity index (χ4n) is 3.47. The molecule has 2 heterocycles. The number of likely N-dealkylation sites (N-methyl/N-ethyl adjacent to an activating group) is 1. The molecular weight excluding hydrogens is 465 g/mol. The van der Waals surface area contributed by atoms with E-state index in [9.17, 15) is 22.8 Å². The Bertz CT molecular complexity index is 1150. The Kier molecular flexibility index (Phi) is 8.28. The number of alkyl halides is 3. The molecule has 9 nitrogen and oxygen atoms in total. The van der Waals surface area contributed by atoms with Crippen molar-refractivity contribution >= 4 is 17.6 Å². The Balaban J connectivity index is 1.73. The monoisotopic (exact) mass is 492 g/mol. The van der Waals surface area contributed by atoms with Crippen LogP contribution in [0.1, 0.15) is 47.2 Å². The normalized spacial score (nSPS) is 11.6. The van der Waals surface area contributed by atoms with E-state index in [0.717, 1.165) is 25.8 Å². The summed E-state index contributed by atoms with van der Waals surface area (Å²) in [6.45, 7) is 8.96. The van der Waals surface area contributed by atoms with Crippen molar-refractivity contribution in [1.82, 2.24) is 24.5 Å². The molecule has 0 aliphatic rings. The summed E-state index contributed by atoms with van der Waals surface area (Å²) >= 11 is 0. The highest BCUT2D eigenvalue weighted by Crippen LogP contribution is 2.34. The molecule has 0 fully saturated rings. The van der Waals surface area contributed by atoms with Crippen molar-refractivity contribution in [1.29, 1.82) is 0 Å². The lowest BCUT2D eigenvalue weighted by Gasteiger charge is -2.17. The van der Waals surface area contributed by atoms with E-state index in [2.05, 4.69) is 34.3 Å². The highest BCUT2D eigenvalue weighted by Gasteiger charge is 2.41. The zero-order valence-corrected chi connectivity index (χ0v) is 19.7. The quantitative estimate of drug-likeness (QED) is 0.432. The molecule has 12 heteroatoms. The smallest absolute Gasteiger partial charge is 0.434 e. The van der Waals surface area contributed by atoms with Crippen molar-refractivity contribution in [2.75, 3.05) is 31.6 Å². The third-order valence-electron chi connectivity index (χ3n) is 5.34. The second-order valence-electron chi connectivity index (χ2n) is 7.56. The van der Waals surface area contributed by atoms with Crippen LogP contribution in [0.15, 0.2) is 42.9 Å². The number of nitrogens with zero attached hydrogens (tertiary/aromatic N) is 5. The van der Waals surface area contributed by atoms with Gasteiger partial charge in [0.25, 0.3) is 5.91 Å². The van der Waals surface area contributed by atoms with E-state index in [4.69, 9.17) is 4.74 Å². The Morgan fingerprint density at radius 1 is 1.06 bits per heavy atom. The first-order valence-corrected chi connectivity index (χ1v) is 11.2. The van der Waals surface area contributed by atoms with Gasteiger partial charge >= 0.3 is 12.1 Å². The van der Waals surface area contributed by atoms with Gasteiger partial charge in [-0.2, -0.15) is 23.4 Å². The van der Waals surface area contributed by atoms with Gasteiger partial charge in [0.2, 0.25) is 0 Å². The topological polar surface area (TPSA) is 94.3 Å². The minimum Gasteiger partial charge on any atom is -0.462 e.